The highest BCUT2D eigenvalue weighted by Crippen LogP contribution is 2.33. The summed E-state index contributed by atoms with van der Waals surface area (Å²) >= 11 is 0. The molecule has 2 amide bonds. The minimum Gasteiger partial charge on any atom is -0.385 e. The number of pyridine rings is 1. The molecule has 0 saturated carbocycles. The summed E-state index contributed by atoms with van der Waals surface area (Å²) in [6, 6.07) is 19.6. The third-order valence-electron chi connectivity index (χ3n) is 7.03. The molecule has 178 valence electrons. The van der Waals surface area contributed by atoms with Gasteiger partial charge in [0.1, 0.15) is 6.04 Å². The Labute approximate surface area is 204 Å². The predicted octanol–water partition coefficient (Wildman–Crippen LogP) is 3.04. The monoisotopic (exact) mass is 469 g/mol. The van der Waals surface area contributed by atoms with Crippen molar-refractivity contribution in [3.63, 3.8) is 0 Å². The molecular formula is C28H27N3O4. The minimum absolute atomic E-state index is 0.0256. The maximum absolute atomic E-state index is 13.4. The number of rotatable bonds is 4. The van der Waals surface area contributed by atoms with E-state index in [1.54, 1.807) is 29.4 Å². The Morgan fingerprint density at radius 3 is 2.29 bits per heavy atom. The van der Waals surface area contributed by atoms with E-state index >= 15 is 0 Å². The number of nitrogens with zero attached hydrogens (tertiary/aromatic N) is 3. The minimum atomic E-state index is -0.977. The standard InChI is InChI=1S/C28H27N3O4/c32-24-17-25(27(34)30-15-12-28(35,13-16-30)23-6-2-1-3-7-23)31(19-24)26(33)21-10-8-20(9-11-21)22-5-4-14-29-18-22/h1-11,14,18,25,35H,12-13,15-17,19H2/t25-/m0/s1. The van der Waals surface area contributed by atoms with Crippen molar-refractivity contribution in [2.45, 2.75) is 30.9 Å². The second-order valence-electron chi connectivity index (χ2n) is 9.23. The van der Waals surface area contributed by atoms with Crippen molar-refractivity contribution in [2.75, 3.05) is 19.6 Å². The van der Waals surface area contributed by atoms with Crippen LogP contribution in [0.1, 0.15) is 35.2 Å². The number of aromatic nitrogens is 1. The summed E-state index contributed by atoms with van der Waals surface area (Å²) < 4.78 is 0. The van der Waals surface area contributed by atoms with Gasteiger partial charge in [-0.3, -0.25) is 19.4 Å². The topological polar surface area (TPSA) is 90.8 Å². The van der Waals surface area contributed by atoms with Crippen LogP contribution >= 0.6 is 0 Å². The Balaban J connectivity index is 1.28. The molecule has 2 aromatic carbocycles. The highest BCUT2D eigenvalue weighted by atomic mass is 16.3. The SMILES string of the molecule is O=C1C[C@@H](C(=O)N2CCC(O)(c3ccccc3)CC2)N(C(=O)c2ccc(-c3cccnc3)cc2)C1. The number of Topliss-reactive ketones (excluding diaryl/α,β-unsaturated/α-hetero) is 1. The van der Waals surface area contributed by atoms with Gasteiger partial charge in [-0.25, -0.2) is 0 Å². The first kappa shape index (κ1) is 22.9. The van der Waals surface area contributed by atoms with Crippen molar-refractivity contribution in [3.8, 4) is 11.1 Å². The largest absolute Gasteiger partial charge is 0.385 e. The summed E-state index contributed by atoms with van der Waals surface area (Å²) in [6.07, 6.45) is 4.30. The molecule has 2 fully saturated rings. The molecule has 0 spiro atoms. The van der Waals surface area contributed by atoms with Crippen LogP contribution in [0.4, 0.5) is 0 Å². The van der Waals surface area contributed by atoms with Crippen LogP contribution in [0.25, 0.3) is 11.1 Å². The zero-order valence-corrected chi connectivity index (χ0v) is 19.3. The van der Waals surface area contributed by atoms with Crippen LogP contribution in [-0.4, -0.2) is 63.2 Å². The fraction of sp³-hybridized carbons (Fsp3) is 0.286. The first-order valence-corrected chi connectivity index (χ1v) is 11.8. The Bertz CT molecular complexity index is 1220. The second kappa shape index (κ2) is 9.43. The average molecular weight is 470 g/mol. The van der Waals surface area contributed by atoms with Crippen LogP contribution in [0.5, 0.6) is 0 Å². The third kappa shape index (κ3) is 4.59. The van der Waals surface area contributed by atoms with Gasteiger partial charge in [-0.05, 0) is 47.7 Å². The van der Waals surface area contributed by atoms with E-state index in [1.165, 1.54) is 4.90 Å². The van der Waals surface area contributed by atoms with E-state index in [9.17, 15) is 19.5 Å². The fourth-order valence-electron chi connectivity index (χ4n) is 4.97. The number of aliphatic hydroxyl groups is 1. The summed E-state index contributed by atoms with van der Waals surface area (Å²) in [6.45, 7) is 0.675. The van der Waals surface area contributed by atoms with Crippen LogP contribution < -0.4 is 0 Å². The normalized spacial score (nSPS) is 19.6. The molecule has 1 atom stereocenters. The second-order valence-corrected chi connectivity index (χ2v) is 9.23. The van der Waals surface area contributed by atoms with E-state index in [1.807, 2.05) is 54.6 Å². The molecule has 5 rings (SSSR count). The van der Waals surface area contributed by atoms with Gasteiger partial charge in [-0.1, -0.05) is 48.5 Å². The Morgan fingerprint density at radius 2 is 1.63 bits per heavy atom. The summed E-state index contributed by atoms with van der Waals surface area (Å²) in [5, 5.41) is 11.1. The Kier molecular flexibility index (Phi) is 6.17. The molecule has 0 unspecified atom stereocenters. The zero-order valence-electron chi connectivity index (χ0n) is 19.3. The lowest BCUT2D eigenvalue weighted by atomic mass is 9.84. The van der Waals surface area contributed by atoms with Crippen molar-refractivity contribution in [1.82, 2.24) is 14.8 Å². The highest BCUT2D eigenvalue weighted by Gasteiger charge is 2.43. The number of benzene rings is 2. The number of hydrogen-bond acceptors (Lipinski definition) is 5. The quantitative estimate of drug-likeness (QED) is 0.634. The first-order chi connectivity index (χ1) is 16.9. The van der Waals surface area contributed by atoms with Gasteiger partial charge in [0, 0.05) is 37.5 Å². The summed E-state index contributed by atoms with van der Waals surface area (Å²) in [5.41, 5.74) is 2.17. The summed E-state index contributed by atoms with van der Waals surface area (Å²) in [5.74, 6) is -0.683. The van der Waals surface area contributed by atoms with E-state index in [-0.39, 0.29) is 30.6 Å². The smallest absolute Gasteiger partial charge is 0.254 e. The van der Waals surface area contributed by atoms with Crippen LogP contribution in [0.15, 0.2) is 79.1 Å². The van der Waals surface area contributed by atoms with Gasteiger partial charge in [-0.15, -0.1) is 0 Å². The van der Waals surface area contributed by atoms with Gasteiger partial charge in [0.2, 0.25) is 5.91 Å². The van der Waals surface area contributed by atoms with Crippen molar-refractivity contribution in [2.24, 2.45) is 0 Å². The molecule has 3 aromatic rings. The van der Waals surface area contributed by atoms with Crippen LogP contribution in [0, 0.1) is 0 Å². The Morgan fingerprint density at radius 1 is 0.914 bits per heavy atom. The van der Waals surface area contributed by atoms with Gasteiger partial charge < -0.3 is 14.9 Å². The van der Waals surface area contributed by atoms with E-state index in [4.69, 9.17) is 0 Å². The lowest BCUT2D eigenvalue weighted by molar-refractivity contribution is -0.140. The third-order valence-corrected chi connectivity index (χ3v) is 7.03. The van der Waals surface area contributed by atoms with Gasteiger partial charge in [-0.2, -0.15) is 0 Å². The molecule has 35 heavy (non-hydrogen) atoms. The average Bonchev–Trinajstić information content (AvgIpc) is 3.31. The molecule has 0 radical (unpaired) electrons. The molecule has 1 aromatic heterocycles. The molecule has 2 aliphatic heterocycles. The van der Waals surface area contributed by atoms with Gasteiger partial charge in [0.15, 0.2) is 5.78 Å². The van der Waals surface area contributed by atoms with E-state index in [0.717, 1.165) is 16.7 Å². The van der Waals surface area contributed by atoms with Crippen LogP contribution in [0.2, 0.25) is 0 Å². The molecule has 7 heteroatoms. The Hall–Kier alpha value is -3.84. The maximum Gasteiger partial charge on any atom is 0.254 e. The zero-order chi connectivity index (χ0) is 24.4. The number of likely N-dealkylation sites (tertiary alicyclic amines) is 2. The molecule has 7 nitrogen and oxygen atoms in total. The van der Waals surface area contributed by atoms with Gasteiger partial charge in [0.05, 0.1) is 12.1 Å². The van der Waals surface area contributed by atoms with E-state index in [2.05, 4.69) is 4.98 Å². The number of ketones is 1. The van der Waals surface area contributed by atoms with E-state index < -0.39 is 11.6 Å². The molecule has 3 heterocycles. The molecule has 2 aliphatic rings. The van der Waals surface area contributed by atoms with Crippen LogP contribution in [-0.2, 0) is 15.2 Å². The molecule has 0 aliphatic carbocycles. The van der Waals surface area contributed by atoms with Crippen molar-refractivity contribution in [1.29, 1.82) is 0 Å². The molecule has 2 saturated heterocycles. The van der Waals surface area contributed by atoms with Crippen LogP contribution in [0.3, 0.4) is 0 Å². The number of carbonyl (C=O) groups excluding carboxylic acids is 3. The first-order valence-electron chi connectivity index (χ1n) is 11.8. The fourth-order valence-corrected chi connectivity index (χ4v) is 4.97. The molecule has 0 bridgehead atoms. The van der Waals surface area contributed by atoms with Crippen molar-refractivity contribution >= 4 is 17.6 Å². The molecular weight excluding hydrogens is 442 g/mol. The number of hydrogen-bond donors (Lipinski definition) is 1. The molecule has 1 N–H and O–H groups in total. The van der Waals surface area contributed by atoms with Crippen molar-refractivity contribution in [3.05, 3.63) is 90.3 Å². The van der Waals surface area contributed by atoms with E-state index in [0.29, 0.717) is 31.5 Å². The van der Waals surface area contributed by atoms with Crippen molar-refractivity contribution < 1.29 is 19.5 Å². The summed E-state index contributed by atoms with van der Waals surface area (Å²) in [7, 11) is 0. The number of carbonyl (C=O) groups is 3. The number of piperidine rings is 1. The lowest BCUT2D eigenvalue weighted by Gasteiger charge is -2.40. The number of amides is 2. The lowest BCUT2D eigenvalue weighted by Crippen LogP contribution is -2.52. The predicted molar refractivity (Wildman–Crippen MR) is 130 cm³/mol. The highest BCUT2D eigenvalue weighted by molar-refractivity contribution is 6.04. The van der Waals surface area contributed by atoms with Gasteiger partial charge >= 0.3 is 0 Å². The maximum atomic E-state index is 13.4. The van der Waals surface area contributed by atoms with Gasteiger partial charge in [0.25, 0.3) is 5.91 Å². The summed E-state index contributed by atoms with van der Waals surface area (Å²) in [4.78, 5) is 46.1.